The summed E-state index contributed by atoms with van der Waals surface area (Å²) in [4.78, 5) is 16.8. The Morgan fingerprint density at radius 1 is 1.38 bits per heavy atom. The lowest BCUT2D eigenvalue weighted by Gasteiger charge is -2.11. The largest absolute Gasteiger partial charge is 0.493 e. The van der Waals surface area contributed by atoms with Crippen LogP contribution in [0.2, 0.25) is 0 Å². The predicted molar refractivity (Wildman–Crippen MR) is 96.6 cm³/mol. The molecule has 1 aromatic heterocycles. The summed E-state index contributed by atoms with van der Waals surface area (Å²) >= 11 is 0. The Morgan fingerprint density at radius 2 is 2.27 bits per heavy atom. The van der Waals surface area contributed by atoms with E-state index >= 15 is 0 Å². The minimum atomic E-state index is -0.337. The number of carbonyl (C=O) groups is 1. The molecule has 26 heavy (non-hydrogen) atoms. The number of fused-ring (bicyclic) bond motifs is 1. The average Bonchev–Trinajstić information content (AvgIpc) is 3.34. The van der Waals surface area contributed by atoms with Gasteiger partial charge in [0.15, 0.2) is 0 Å². The van der Waals surface area contributed by atoms with Crippen molar-refractivity contribution in [2.45, 2.75) is 45.2 Å². The molecule has 8 heteroatoms. The lowest BCUT2D eigenvalue weighted by Crippen LogP contribution is -2.39. The number of amides is 1. The maximum absolute atomic E-state index is 12.5. The summed E-state index contributed by atoms with van der Waals surface area (Å²) < 4.78 is 5.55. The Kier molecular flexibility index (Phi) is 4.60. The zero-order valence-corrected chi connectivity index (χ0v) is 15.0. The van der Waals surface area contributed by atoms with Gasteiger partial charge in [0.25, 0.3) is 0 Å². The summed E-state index contributed by atoms with van der Waals surface area (Å²) in [5.74, 6) is 2.41. The SMILES string of the molecule is CC(C)Cc1nc(NC(=O)C2CC(c3ccc4c(c3)CCO4)NN2)n[nH]1. The van der Waals surface area contributed by atoms with Crippen molar-refractivity contribution in [2.75, 3.05) is 11.9 Å². The second-order valence-electron chi connectivity index (χ2n) is 7.29. The molecule has 0 radical (unpaired) electrons. The summed E-state index contributed by atoms with van der Waals surface area (Å²) in [5, 5.41) is 9.71. The number of ether oxygens (including phenoxy) is 1. The van der Waals surface area contributed by atoms with E-state index < -0.39 is 0 Å². The molecule has 1 saturated heterocycles. The number of hydrogen-bond acceptors (Lipinski definition) is 6. The highest BCUT2D eigenvalue weighted by Gasteiger charge is 2.31. The van der Waals surface area contributed by atoms with Crippen molar-refractivity contribution in [3.63, 3.8) is 0 Å². The van der Waals surface area contributed by atoms with Crippen molar-refractivity contribution in [1.82, 2.24) is 26.0 Å². The number of hydrazine groups is 1. The fourth-order valence-corrected chi connectivity index (χ4v) is 3.40. The zero-order valence-electron chi connectivity index (χ0n) is 15.0. The standard InChI is InChI=1S/C18H24N6O2/c1-10(2)7-16-19-18(24-23-16)20-17(25)14-9-13(21-22-14)11-3-4-15-12(8-11)5-6-26-15/h3-4,8,10,13-14,21-22H,5-7,9H2,1-2H3,(H2,19,20,23,24,25). The van der Waals surface area contributed by atoms with Crippen LogP contribution in [0.1, 0.15) is 43.3 Å². The molecule has 0 aliphatic carbocycles. The van der Waals surface area contributed by atoms with Crippen molar-refractivity contribution in [2.24, 2.45) is 5.92 Å². The van der Waals surface area contributed by atoms with Gasteiger partial charge < -0.3 is 4.74 Å². The first-order chi connectivity index (χ1) is 12.6. The molecule has 2 unspecified atom stereocenters. The smallest absolute Gasteiger partial charge is 0.248 e. The molecule has 0 spiro atoms. The van der Waals surface area contributed by atoms with Crippen LogP contribution in [0.25, 0.3) is 0 Å². The lowest BCUT2D eigenvalue weighted by molar-refractivity contribution is -0.117. The molecule has 4 rings (SSSR count). The van der Waals surface area contributed by atoms with Gasteiger partial charge in [0.1, 0.15) is 17.6 Å². The maximum Gasteiger partial charge on any atom is 0.248 e. The first kappa shape index (κ1) is 17.0. The van der Waals surface area contributed by atoms with Crippen LogP contribution in [0.3, 0.4) is 0 Å². The lowest BCUT2D eigenvalue weighted by atomic mass is 9.99. The van der Waals surface area contributed by atoms with Crippen molar-refractivity contribution in [3.8, 4) is 5.75 Å². The highest BCUT2D eigenvalue weighted by molar-refractivity contribution is 5.93. The second kappa shape index (κ2) is 7.05. The van der Waals surface area contributed by atoms with Crippen LogP contribution in [-0.4, -0.2) is 33.7 Å². The topological polar surface area (TPSA) is 104 Å². The van der Waals surface area contributed by atoms with E-state index in [1.165, 1.54) is 5.56 Å². The van der Waals surface area contributed by atoms with Crippen LogP contribution < -0.4 is 20.9 Å². The molecule has 0 saturated carbocycles. The summed E-state index contributed by atoms with van der Waals surface area (Å²) in [7, 11) is 0. The Labute approximate surface area is 152 Å². The number of rotatable bonds is 5. The highest BCUT2D eigenvalue weighted by Crippen LogP contribution is 2.30. The van der Waals surface area contributed by atoms with E-state index in [-0.39, 0.29) is 18.0 Å². The van der Waals surface area contributed by atoms with E-state index in [0.29, 0.717) is 18.3 Å². The number of benzene rings is 1. The van der Waals surface area contributed by atoms with Gasteiger partial charge in [-0.25, -0.2) is 10.9 Å². The normalized spacial score (nSPS) is 21.7. The van der Waals surface area contributed by atoms with Crippen molar-refractivity contribution in [3.05, 3.63) is 35.2 Å². The third-order valence-corrected chi connectivity index (χ3v) is 4.70. The molecule has 2 aliphatic rings. The van der Waals surface area contributed by atoms with Gasteiger partial charge in [0.2, 0.25) is 11.9 Å². The van der Waals surface area contributed by atoms with E-state index in [1.807, 2.05) is 6.07 Å². The van der Waals surface area contributed by atoms with Gasteiger partial charge >= 0.3 is 0 Å². The van der Waals surface area contributed by atoms with Gasteiger partial charge in [-0.05, 0) is 29.5 Å². The number of aromatic nitrogens is 3. The van der Waals surface area contributed by atoms with Gasteiger partial charge in [0.05, 0.1) is 6.61 Å². The molecular formula is C18H24N6O2. The summed E-state index contributed by atoms with van der Waals surface area (Å²) in [6.07, 6.45) is 2.40. The molecule has 138 valence electrons. The molecule has 1 fully saturated rings. The summed E-state index contributed by atoms with van der Waals surface area (Å²) in [5.41, 5.74) is 8.68. The minimum absolute atomic E-state index is 0.0836. The predicted octanol–water partition coefficient (Wildman–Crippen LogP) is 1.48. The van der Waals surface area contributed by atoms with E-state index in [0.717, 1.165) is 36.6 Å². The first-order valence-corrected chi connectivity index (χ1v) is 9.07. The van der Waals surface area contributed by atoms with Crippen LogP contribution in [-0.2, 0) is 17.6 Å². The Hall–Kier alpha value is -2.45. The molecule has 3 heterocycles. The van der Waals surface area contributed by atoms with Gasteiger partial charge in [-0.2, -0.15) is 4.98 Å². The number of hydrogen-bond donors (Lipinski definition) is 4. The van der Waals surface area contributed by atoms with Crippen LogP contribution in [0.5, 0.6) is 5.75 Å². The number of anilines is 1. The molecule has 1 amide bonds. The molecule has 1 aromatic carbocycles. The maximum atomic E-state index is 12.5. The first-order valence-electron chi connectivity index (χ1n) is 9.07. The monoisotopic (exact) mass is 356 g/mol. The van der Waals surface area contributed by atoms with Gasteiger partial charge in [-0.3, -0.25) is 15.2 Å². The van der Waals surface area contributed by atoms with E-state index in [1.54, 1.807) is 0 Å². The van der Waals surface area contributed by atoms with Crippen LogP contribution in [0, 0.1) is 5.92 Å². The van der Waals surface area contributed by atoms with Gasteiger partial charge in [-0.15, -0.1) is 5.10 Å². The summed E-state index contributed by atoms with van der Waals surface area (Å²) in [6.45, 7) is 4.97. The van der Waals surface area contributed by atoms with Crippen molar-refractivity contribution in [1.29, 1.82) is 0 Å². The number of carbonyl (C=O) groups excluding carboxylic acids is 1. The minimum Gasteiger partial charge on any atom is -0.493 e. The molecular weight excluding hydrogens is 332 g/mol. The molecule has 2 atom stereocenters. The molecule has 0 bridgehead atoms. The van der Waals surface area contributed by atoms with Crippen molar-refractivity contribution < 1.29 is 9.53 Å². The number of nitrogens with zero attached hydrogens (tertiary/aromatic N) is 2. The third kappa shape index (κ3) is 3.56. The van der Waals surface area contributed by atoms with Crippen LogP contribution in [0.4, 0.5) is 5.95 Å². The summed E-state index contributed by atoms with van der Waals surface area (Å²) in [6, 6.07) is 5.97. The molecule has 8 nitrogen and oxygen atoms in total. The van der Waals surface area contributed by atoms with Crippen LogP contribution in [0.15, 0.2) is 18.2 Å². The van der Waals surface area contributed by atoms with Crippen molar-refractivity contribution >= 4 is 11.9 Å². The Bertz CT molecular complexity index is 803. The fraction of sp³-hybridized carbons (Fsp3) is 0.500. The second-order valence-corrected chi connectivity index (χ2v) is 7.29. The molecule has 2 aliphatic heterocycles. The fourth-order valence-electron chi connectivity index (χ4n) is 3.40. The quantitative estimate of drug-likeness (QED) is 0.647. The molecule has 4 N–H and O–H groups in total. The third-order valence-electron chi connectivity index (χ3n) is 4.70. The number of aromatic amines is 1. The Morgan fingerprint density at radius 3 is 3.12 bits per heavy atom. The van der Waals surface area contributed by atoms with Gasteiger partial charge in [-0.1, -0.05) is 26.0 Å². The van der Waals surface area contributed by atoms with E-state index in [4.69, 9.17) is 4.74 Å². The Balaban J connectivity index is 1.36. The molecule has 2 aromatic rings. The number of H-pyrrole nitrogens is 1. The van der Waals surface area contributed by atoms with E-state index in [2.05, 4.69) is 57.3 Å². The highest BCUT2D eigenvalue weighted by atomic mass is 16.5. The van der Waals surface area contributed by atoms with E-state index in [9.17, 15) is 4.79 Å². The van der Waals surface area contributed by atoms with Crippen LogP contribution >= 0.6 is 0 Å². The zero-order chi connectivity index (χ0) is 18.1. The van der Waals surface area contributed by atoms with Gasteiger partial charge in [0, 0.05) is 18.9 Å². The average molecular weight is 356 g/mol. The number of nitrogens with one attached hydrogen (secondary N) is 4.